The monoisotopic (exact) mass is 288 g/mol. The quantitative estimate of drug-likeness (QED) is 0.857. The number of Topliss-reactive ketones (excluding diaryl/α,β-unsaturated/α-hetero) is 1. The number of rotatable bonds is 3. The van der Waals surface area contributed by atoms with Gasteiger partial charge in [0.15, 0.2) is 5.78 Å². The van der Waals surface area contributed by atoms with Crippen LogP contribution in [-0.2, 0) is 19.0 Å². The van der Waals surface area contributed by atoms with Gasteiger partial charge in [-0.05, 0) is 12.0 Å². The van der Waals surface area contributed by atoms with Crippen LogP contribution in [0.25, 0.3) is 5.57 Å². The number of ketones is 1. The van der Waals surface area contributed by atoms with Crippen LogP contribution < -0.4 is 0 Å². The molecule has 4 heteroatoms. The predicted octanol–water partition coefficient (Wildman–Crippen LogP) is 2.44. The summed E-state index contributed by atoms with van der Waals surface area (Å²) in [6, 6.07) is 9.65. The molecule has 21 heavy (non-hydrogen) atoms. The summed E-state index contributed by atoms with van der Waals surface area (Å²) in [7, 11) is 3.34. The van der Waals surface area contributed by atoms with Crippen LogP contribution in [0.15, 0.2) is 36.6 Å². The average molecular weight is 288 g/mol. The highest BCUT2D eigenvalue weighted by Gasteiger charge is 2.44. The lowest BCUT2D eigenvalue weighted by Crippen LogP contribution is -2.48. The third-order valence-corrected chi connectivity index (χ3v) is 4.47. The third-order valence-electron chi connectivity index (χ3n) is 4.47. The van der Waals surface area contributed by atoms with E-state index in [1.54, 1.807) is 20.5 Å². The summed E-state index contributed by atoms with van der Waals surface area (Å²) in [5.74, 6) is -0.00407. The molecule has 1 aliphatic carbocycles. The minimum Gasteiger partial charge on any atom is -0.496 e. The Balaban J connectivity index is 1.85. The lowest BCUT2D eigenvalue weighted by atomic mass is 9.76. The summed E-state index contributed by atoms with van der Waals surface area (Å²) in [5.41, 5.74) is 1.56. The molecule has 112 valence electrons. The fourth-order valence-electron chi connectivity index (χ4n) is 3.26. The van der Waals surface area contributed by atoms with Gasteiger partial charge in [-0.3, -0.25) is 4.79 Å². The molecule has 1 saturated carbocycles. The van der Waals surface area contributed by atoms with E-state index < -0.39 is 0 Å². The summed E-state index contributed by atoms with van der Waals surface area (Å²) in [5, 5.41) is 0. The zero-order chi connectivity index (χ0) is 14.8. The number of hydrogen-bond donors (Lipinski definition) is 0. The fraction of sp³-hybridized carbons (Fsp3) is 0.471. The Morgan fingerprint density at radius 3 is 2.38 bits per heavy atom. The Morgan fingerprint density at radius 1 is 1.05 bits per heavy atom. The molecule has 0 aromatic heterocycles. The van der Waals surface area contributed by atoms with Crippen molar-refractivity contribution in [1.29, 1.82) is 0 Å². The Morgan fingerprint density at radius 2 is 1.71 bits per heavy atom. The molecule has 0 saturated heterocycles. The number of carbonyl (C=O) groups excluding carboxylic acids is 1. The third kappa shape index (κ3) is 2.61. The van der Waals surface area contributed by atoms with Gasteiger partial charge in [0.2, 0.25) is 0 Å². The minimum absolute atomic E-state index is 0.0178. The Bertz CT molecular complexity index is 537. The van der Waals surface area contributed by atoms with Crippen molar-refractivity contribution in [3.63, 3.8) is 0 Å². The second-order valence-electron chi connectivity index (χ2n) is 5.56. The lowest BCUT2D eigenvalue weighted by molar-refractivity contribution is -0.140. The number of carbonyl (C=O) groups is 1. The summed E-state index contributed by atoms with van der Waals surface area (Å²) >= 11 is 0. The summed E-state index contributed by atoms with van der Waals surface area (Å²) in [6.45, 7) is 0. The number of benzene rings is 1. The molecule has 1 aromatic rings. The Labute approximate surface area is 124 Å². The van der Waals surface area contributed by atoms with Crippen molar-refractivity contribution in [2.24, 2.45) is 5.92 Å². The Hall–Kier alpha value is -1.65. The van der Waals surface area contributed by atoms with Crippen LogP contribution in [0.1, 0.15) is 18.4 Å². The standard InChI is InChI=1S/C17H20O4/c1-19-15-8-12-14(9-16(15)20-2)21-10-13(17(12)18)11-6-4-3-5-7-11/h3-7,10,12,14-16H,8-9H2,1-2H3. The molecule has 4 unspecified atom stereocenters. The van der Waals surface area contributed by atoms with E-state index in [-0.39, 0.29) is 30.0 Å². The van der Waals surface area contributed by atoms with Crippen molar-refractivity contribution >= 4 is 11.4 Å². The molecular weight excluding hydrogens is 268 g/mol. The highest BCUT2D eigenvalue weighted by Crippen LogP contribution is 2.37. The molecule has 0 N–H and O–H groups in total. The molecule has 0 spiro atoms. The van der Waals surface area contributed by atoms with Gasteiger partial charge in [0.05, 0.1) is 30.0 Å². The summed E-state index contributed by atoms with van der Waals surface area (Å²) in [4.78, 5) is 12.8. The number of fused-ring (bicyclic) bond motifs is 1. The molecule has 0 radical (unpaired) electrons. The molecule has 4 nitrogen and oxygen atoms in total. The zero-order valence-electron chi connectivity index (χ0n) is 12.3. The molecule has 1 aliphatic heterocycles. The van der Waals surface area contributed by atoms with Crippen molar-refractivity contribution in [1.82, 2.24) is 0 Å². The minimum atomic E-state index is -0.151. The smallest absolute Gasteiger partial charge is 0.173 e. The van der Waals surface area contributed by atoms with Gasteiger partial charge in [-0.1, -0.05) is 30.3 Å². The van der Waals surface area contributed by atoms with E-state index in [2.05, 4.69) is 0 Å². The molecule has 1 aromatic carbocycles. The SMILES string of the molecule is COC1CC2OC=C(c3ccccc3)C(=O)C2CC1OC. The van der Waals surface area contributed by atoms with Gasteiger partial charge < -0.3 is 14.2 Å². The van der Waals surface area contributed by atoms with Crippen LogP contribution >= 0.6 is 0 Å². The van der Waals surface area contributed by atoms with Crippen LogP contribution in [0.2, 0.25) is 0 Å². The number of hydrogen-bond acceptors (Lipinski definition) is 4. The van der Waals surface area contributed by atoms with E-state index in [9.17, 15) is 4.79 Å². The van der Waals surface area contributed by atoms with Gasteiger partial charge in [-0.15, -0.1) is 0 Å². The van der Waals surface area contributed by atoms with Crippen LogP contribution in [0.3, 0.4) is 0 Å². The van der Waals surface area contributed by atoms with Gasteiger partial charge in [0.1, 0.15) is 6.10 Å². The van der Waals surface area contributed by atoms with E-state index in [1.165, 1.54) is 0 Å². The van der Waals surface area contributed by atoms with Crippen molar-refractivity contribution in [2.75, 3.05) is 14.2 Å². The number of methoxy groups -OCH3 is 2. The second kappa shape index (κ2) is 6.00. The van der Waals surface area contributed by atoms with Crippen LogP contribution in [0.4, 0.5) is 0 Å². The molecule has 4 atom stereocenters. The molecule has 1 fully saturated rings. The van der Waals surface area contributed by atoms with Gasteiger partial charge >= 0.3 is 0 Å². The summed E-state index contributed by atoms with van der Waals surface area (Å²) < 4.78 is 16.8. The van der Waals surface area contributed by atoms with Crippen molar-refractivity contribution in [3.8, 4) is 0 Å². The van der Waals surface area contributed by atoms with E-state index in [0.717, 1.165) is 5.56 Å². The topological polar surface area (TPSA) is 44.8 Å². The normalized spacial score (nSPS) is 32.1. The molecular formula is C17H20O4. The number of allylic oxidation sites excluding steroid dienone is 1. The van der Waals surface area contributed by atoms with Gasteiger partial charge in [0, 0.05) is 20.6 Å². The largest absolute Gasteiger partial charge is 0.496 e. The molecule has 1 heterocycles. The first-order valence-corrected chi connectivity index (χ1v) is 7.25. The fourth-order valence-corrected chi connectivity index (χ4v) is 3.26. The molecule has 0 amide bonds. The highest BCUT2D eigenvalue weighted by atomic mass is 16.5. The van der Waals surface area contributed by atoms with E-state index in [4.69, 9.17) is 14.2 Å². The van der Waals surface area contributed by atoms with Crippen LogP contribution in [0.5, 0.6) is 0 Å². The maximum absolute atomic E-state index is 12.8. The average Bonchev–Trinajstić information content (AvgIpc) is 2.55. The maximum Gasteiger partial charge on any atom is 0.173 e. The number of ether oxygens (including phenoxy) is 3. The first-order chi connectivity index (χ1) is 10.2. The first kappa shape index (κ1) is 14.3. The van der Waals surface area contributed by atoms with E-state index in [0.29, 0.717) is 18.4 Å². The van der Waals surface area contributed by atoms with E-state index in [1.807, 2.05) is 30.3 Å². The Kier molecular flexibility index (Phi) is 4.08. The molecule has 3 rings (SSSR count). The van der Waals surface area contributed by atoms with Gasteiger partial charge in [-0.25, -0.2) is 0 Å². The van der Waals surface area contributed by atoms with Crippen molar-refractivity contribution in [2.45, 2.75) is 31.2 Å². The second-order valence-corrected chi connectivity index (χ2v) is 5.56. The van der Waals surface area contributed by atoms with Crippen molar-refractivity contribution < 1.29 is 19.0 Å². The van der Waals surface area contributed by atoms with Crippen LogP contribution in [0, 0.1) is 5.92 Å². The van der Waals surface area contributed by atoms with Crippen molar-refractivity contribution in [3.05, 3.63) is 42.2 Å². The maximum atomic E-state index is 12.8. The van der Waals surface area contributed by atoms with Gasteiger partial charge in [0.25, 0.3) is 0 Å². The van der Waals surface area contributed by atoms with Gasteiger partial charge in [-0.2, -0.15) is 0 Å². The zero-order valence-corrected chi connectivity index (χ0v) is 12.3. The van der Waals surface area contributed by atoms with Crippen LogP contribution in [-0.4, -0.2) is 38.3 Å². The lowest BCUT2D eigenvalue weighted by Gasteiger charge is -2.40. The first-order valence-electron chi connectivity index (χ1n) is 7.25. The summed E-state index contributed by atoms with van der Waals surface area (Å²) in [6.07, 6.45) is 2.75. The van der Waals surface area contributed by atoms with E-state index >= 15 is 0 Å². The molecule has 2 aliphatic rings. The predicted molar refractivity (Wildman–Crippen MR) is 78.6 cm³/mol. The highest BCUT2D eigenvalue weighted by molar-refractivity contribution is 6.22. The molecule has 0 bridgehead atoms.